The molecule has 0 fully saturated rings. The van der Waals surface area contributed by atoms with Crippen molar-refractivity contribution in [1.29, 1.82) is 0 Å². The molecule has 8 heteroatoms. The van der Waals surface area contributed by atoms with E-state index in [0.717, 1.165) is 17.5 Å². The van der Waals surface area contributed by atoms with E-state index in [1.807, 2.05) is 6.07 Å². The molecule has 3 rings (SSSR count). The molecule has 1 aliphatic rings. The van der Waals surface area contributed by atoms with E-state index in [9.17, 15) is 12.8 Å². The van der Waals surface area contributed by atoms with Crippen LogP contribution in [0.4, 0.5) is 4.39 Å². The van der Waals surface area contributed by atoms with Gasteiger partial charge in [0.15, 0.2) is 0 Å². The maximum atomic E-state index is 13.8. The van der Waals surface area contributed by atoms with Crippen molar-refractivity contribution in [2.24, 2.45) is 0 Å². The number of rotatable bonds is 5. The van der Waals surface area contributed by atoms with Crippen LogP contribution in [-0.4, -0.2) is 47.6 Å². The average Bonchev–Trinajstić information content (AvgIpc) is 3.12. The van der Waals surface area contributed by atoms with Crippen molar-refractivity contribution in [3.8, 4) is 0 Å². The van der Waals surface area contributed by atoms with E-state index in [-0.39, 0.29) is 17.6 Å². The van der Waals surface area contributed by atoms with Crippen LogP contribution in [0.5, 0.6) is 0 Å². The highest BCUT2D eigenvalue weighted by atomic mass is 32.2. The van der Waals surface area contributed by atoms with Crippen molar-refractivity contribution in [1.82, 2.24) is 19.3 Å². The van der Waals surface area contributed by atoms with Crippen LogP contribution in [0.3, 0.4) is 0 Å². The van der Waals surface area contributed by atoms with Crippen LogP contribution in [0.2, 0.25) is 0 Å². The summed E-state index contributed by atoms with van der Waals surface area (Å²) in [4.78, 5) is 0. The van der Waals surface area contributed by atoms with Gasteiger partial charge in [-0.15, -0.1) is 5.10 Å². The highest BCUT2D eigenvalue weighted by Crippen LogP contribution is 2.35. The van der Waals surface area contributed by atoms with E-state index in [1.165, 1.54) is 24.5 Å². The van der Waals surface area contributed by atoms with Gasteiger partial charge >= 0.3 is 0 Å². The normalized spacial score (nSPS) is 17.7. The number of aryl methyl sites for hydroxylation is 1. The topological polar surface area (TPSA) is 68.1 Å². The van der Waals surface area contributed by atoms with E-state index in [1.54, 1.807) is 16.9 Å². The van der Waals surface area contributed by atoms with Crippen molar-refractivity contribution in [2.75, 3.05) is 19.8 Å². The maximum Gasteiger partial charge on any atom is 0.213 e. The van der Waals surface area contributed by atoms with Crippen molar-refractivity contribution in [2.45, 2.75) is 25.3 Å². The summed E-state index contributed by atoms with van der Waals surface area (Å²) in [6, 6.07) is 5.05. The van der Waals surface area contributed by atoms with Gasteiger partial charge in [0.05, 0.1) is 17.5 Å². The number of halogens is 1. The quantitative estimate of drug-likeness (QED) is 0.826. The van der Waals surface area contributed by atoms with Crippen molar-refractivity contribution in [3.05, 3.63) is 47.0 Å². The fourth-order valence-electron chi connectivity index (χ4n) is 2.86. The Labute approximate surface area is 135 Å². The maximum absolute atomic E-state index is 13.8. The van der Waals surface area contributed by atoms with Gasteiger partial charge in [0.2, 0.25) is 10.0 Å². The first-order chi connectivity index (χ1) is 10.9. The molecule has 0 aliphatic heterocycles. The Bertz CT molecular complexity index is 817. The summed E-state index contributed by atoms with van der Waals surface area (Å²) in [6.07, 6.45) is 3.52. The van der Waals surface area contributed by atoms with Crippen LogP contribution < -0.4 is 0 Å². The third kappa shape index (κ3) is 3.13. The van der Waals surface area contributed by atoms with Crippen LogP contribution >= 0.6 is 0 Å². The van der Waals surface area contributed by atoms with Gasteiger partial charge in [-0.1, -0.05) is 17.3 Å². The first-order valence-electron chi connectivity index (χ1n) is 7.46. The Morgan fingerprint density at radius 3 is 2.91 bits per heavy atom. The third-order valence-corrected chi connectivity index (χ3v) is 6.06. The molecule has 0 unspecified atom stereocenters. The molecular formula is C15H19FN4O2S. The lowest BCUT2D eigenvalue weighted by Gasteiger charge is -2.11. The van der Waals surface area contributed by atoms with Gasteiger partial charge < -0.3 is 0 Å². The number of hydrogen-bond donors (Lipinski definition) is 0. The van der Waals surface area contributed by atoms with Gasteiger partial charge in [0, 0.05) is 26.7 Å². The van der Waals surface area contributed by atoms with Gasteiger partial charge in [-0.25, -0.2) is 21.8 Å². The Balaban J connectivity index is 1.76. The first-order valence-corrected chi connectivity index (χ1v) is 9.07. The summed E-state index contributed by atoms with van der Waals surface area (Å²) < 4.78 is 40.3. The molecule has 0 saturated carbocycles. The van der Waals surface area contributed by atoms with Crippen LogP contribution in [0, 0.1) is 5.82 Å². The number of nitrogens with zero attached hydrogens (tertiary/aromatic N) is 4. The molecule has 0 amide bonds. The summed E-state index contributed by atoms with van der Waals surface area (Å²) in [7, 11) is -0.234. The minimum absolute atomic E-state index is 0.00538. The fourth-order valence-corrected chi connectivity index (χ4v) is 3.69. The summed E-state index contributed by atoms with van der Waals surface area (Å²) in [5.74, 6) is -0.184. The minimum atomic E-state index is -3.25. The molecule has 1 aromatic carbocycles. The number of benzene rings is 1. The van der Waals surface area contributed by atoms with Crippen LogP contribution in [0.25, 0.3) is 0 Å². The highest BCUT2D eigenvalue weighted by Gasteiger charge is 2.27. The van der Waals surface area contributed by atoms with Gasteiger partial charge in [-0.05, 0) is 30.0 Å². The highest BCUT2D eigenvalue weighted by molar-refractivity contribution is 7.89. The zero-order valence-electron chi connectivity index (χ0n) is 13.1. The summed E-state index contributed by atoms with van der Waals surface area (Å²) in [5.41, 5.74) is 2.30. The summed E-state index contributed by atoms with van der Waals surface area (Å²) in [6.45, 7) is 0. The molecule has 0 saturated heterocycles. The molecule has 23 heavy (non-hydrogen) atoms. The van der Waals surface area contributed by atoms with E-state index in [2.05, 4.69) is 10.3 Å². The lowest BCUT2D eigenvalue weighted by atomic mass is 10.1. The Morgan fingerprint density at radius 2 is 2.17 bits per heavy atom. The molecular weight excluding hydrogens is 319 g/mol. The molecule has 0 N–H and O–H groups in total. The second-order valence-electron chi connectivity index (χ2n) is 5.90. The fraction of sp³-hybridized carbons (Fsp3) is 0.467. The summed E-state index contributed by atoms with van der Waals surface area (Å²) in [5, 5.41) is 8.16. The second-order valence-corrected chi connectivity index (χ2v) is 8.20. The second kappa shape index (κ2) is 6.01. The number of hydrogen-bond acceptors (Lipinski definition) is 4. The zero-order chi connectivity index (χ0) is 16.6. The molecule has 1 atom stereocenters. The van der Waals surface area contributed by atoms with Gasteiger partial charge in [0.1, 0.15) is 5.82 Å². The average molecular weight is 338 g/mol. The Hall–Kier alpha value is -1.80. The van der Waals surface area contributed by atoms with E-state index >= 15 is 0 Å². The minimum Gasteiger partial charge on any atom is -0.245 e. The molecule has 6 nitrogen and oxygen atoms in total. The smallest absolute Gasteiger partial charge is 0.213 e. The van der Waals surface area contributed by atoms with E-state index in [0.29, 0.717) is 18.5 Å². The van der Waals surface area contributed by atoms with E-state index in [4.69, 9.17) is 0 Å². The van der Waals surface area contributed by atoms with Gasteiger partial charge in [-0.2, -0.15) is 0 Å². The third-order valence-electron chi connectivity index (χ3n) is 4.23. The molecule has 0 bridgehead atoms. The van der Waals surface area contributed by atoms with Crippen LogP contribution in [0.1, 0.15) is 29.3 Å². The monoisotopic (exact) mass is 338 g/mol. The lowest BCUT2D eigenvalue weighted by Crippen LogP contribution is -2.26. The SMILES string of the molecule is CN(C)S(=O)(=O)CCc1cn([C@@H]2CCc3c(F)cccc32)nn1. The Morgan fingerprint density at radius 1 is 1.39 bits per heavy atom. The molecule has 1 heterocycles. The van der Waals surface area contributed by atoms with Gasteiger partial charge in [-0.3, -0.25) is 0 Å². The predicted octanol–water partition coefficient (Wildman–Crippen LogP) is 1.39. The molecule has 1 aliphatic carbocycles. The molecule has 0 radical (unpaired) electrons. The number of aromatic nitrogens is 3. The predicted molar refractivity (Wildman–Crippen MR) is 84.1 cm³/mol. The Kier molecular flexibility index (Phi) is 4.20. The molecule has 2 aromatic rings. The van der Waals surface area contributed by atoms with Crippen LogP contribution in [0.15, 0.2) is 24.4 Å². The summed E-state index contributed by atoms with van der Waals surface area (Å²) >= 11 is 0. The van der Waals surface area contributed by atoms with Gasteiger partial charge in [0.25, 0.3) is 0 Å². The lowest BCUT2D eigenvalue weighted by molar-refractivity contribution is 0.504. The van der Waals surface area contributed by atoms with Crippen LogP contribution in [-0.2, 0) is 22.9 Å². The van der Waals surface area contributed by atoms with Crippen molar-refractivity contribution >= 4 is 10.0 Å². The number of fused-ring (bicyclic) bond motifs is 1. The first kappa shape index (κ1) is 16.1. The largest absolute Gasteiger partial charge is 0.245 e. The molecule has 1 aromatic heterocycles. The number of sulfonamides is 1. The zero-order valence-corrected chi connectivity index (χ0v) is 13.9. The van der Waals surface area contributed by atoms with Crippen molar-refractivity contribution in [3.63, 3.8) is 0 Å². The van der Waals surface area contributed by atoms with E-state index < -0.39 is 10.0 Å². The van der Waals surface area contributed by atoms with Crippen molar-refractivity contribution < 1.29 is 12.8 Å². The molecule has 0 spiro atoms. The standard InChI is InChI=1S/C15H19FN4O2S/c1-19(2)23(21,22)9-8-11-10-20(18-17-11)15-7-6-12-13(15)4-3-5-14(12)16/h3-5,10,15H,6-9H2,1-2H3/t15-/m1/s1. The molecule has 124 valence electrons.